The van der Waals surface area contributed by atoms with Gasteiger partial charge >= 0.3 is 0 Å². The molecule has 1 atom stereocenters. The molecule has 2 rings (SSSR count). The lowest BCUT2D eigenvalue weighted by molar-refractivity contribution is 0.0975. The Bertz CT molecular complexity index is 855. The summed E-state index contributed by atoms with van der Waals surface area (Å²) < 4.78 is 27.0. The maximum Gasteiger partial charge on any atom is 0.216 e. The van der Waals surface area contributed by atoms with Crippen LogP contribution in [0.5, 0.6) is 0 Å². The Morgan fingerprint density at radius 1 is 1.17 bits per heavy atom. The van der Waals surface area contributed by atoms with Crippen LogP contribution in [0, 0.1) is 11.3 Å². The van der Waals surface area contributed by atoms with Gasteiger partial charge in [-0.15, -0.1) is 0 Å². The van der Waals surface area contributed by atoms with Gasteiger partial charge in [-0.2, -0.15) is 5.26 Å². The first-order valence-electron chi connectivity index (χ1n) is 7.47. The molecular formula is C18H18N2O3S. The average Bonchev–Trinajstić information content (AvgIpc) is 2.54. The van der Waals surface area contributed by atoms with Crippen LogP contribution < -0.4 is 4.72 Å². The summed E-state index contributed by atoms with van der Waals surface area (Å²) in [6, 6.07) is 16.7. The quantitative estimate of drug-likeness (QED) is 0.784. The molecular weight excluding hydrogens is 324 g/mol. The molecule has 0 fully saturated rings. The number of carbonyl (C=O) groups is 1. The van der Waals surface area contributed by atoms with Gasteiger partial charge in [0.25, 0.3) is 0 Å². The molecule has 2 aromatic carbocycles. The van der Waals surface area contributed by atoms with Crippen molar-refractivity contribution in [2.75, 3.05) is 0 Å². The van der Waals surface area contributed by atoms with E-state index in [1.54, 1.807) is 55.5 Å². The molecule has 0 aromatic heterocycles. The minimum atomic E-state index is -3.60. The van der Waals surface area contributed by atoms with E-state index in [2.05, 4.69) is 4.72 Å². The molecule has 0 radical (unpaired) electrons. The highest BCUT2D eigenvalue weighted by molar-refractivity contribution is 7.88. The monoisotopic (exact) mass is 342 g/mol. The maximum atomic E-state index is 12.2. The number of carbonyl (C=O) groups excluding carboxylic acids is 1. The van der Waals surface area contributed by atoms with Crippen LogP contribution in [0.3, 0.4) is 0 Å². The van der Waals surface area contributed by atoms with E-state index in [0.29, 0.717) is 16.7 Å². The summed E-state index contributed by atoms with van der Waals surface area (Å²) in [7, 11) is -3.60. The van der Waals surface area contributed by atoms with Gasteiger partial charge in [-0.3, -0.25) is 4.79 Å². The van der Waals surface area contributed by atoms with E-state index in [1.807, 2.05) is 12.1 Å². The molecule has 1 N–H and O–H groups in total. The van der Waals surface area contributed by atoms with Crippen molar-refractivity contribution in [2.24, 2.45) is 0 Å². The number of nitrogens with zero attached hydrogens (tertiary/aromatic N) is 1. The highest BCUT2D eigenvalue weighted by atomic mass is 32.2. The van der Waals surface area contributed by atoms with Gasteiger partial charge in [0.05, 0.1) is 17.4 Å². The summed E-state index contributed by atoms with van der Waals surface area (Å²) in [5.74, 6) is -0.343. The molecule has 124 valence electrons. The Kier molecular flexibility index (Phi) is 5.85. The zero-order valence-corrected chi connectivity index (χ0v) is 14.1. The fraction of sp³-hybridized carbons (Fsp3) is 0.222. The molecule has 0 saturated heterocycles. The van der Waals surface area contributed by atoms with E-state index in [-0.39, 0.29) is 18.0 Å². The first-order valence-corrected chi connectivity index (χ1v) is 9.12. The lowest BCUT2D eigenvalue weighted by Gasteiger charge is -2.14. The number of ketones is 1. The van der Waals surface area contributed by atoms with E-state index in [0.717, 1.165) is 0 Å². The molecule has 5 nitrogen and oxygen atoms in total. The van der Waals surface area contributed by atoms with Crippen molar-refractivity contribution in [3.05, 3.63) is 71.3 Å². The normalized spacial score (nSPS) is 12.3. The number of benzene rings is 2. The van der Waals surface area contributed by atoms with Crippen LogP contribution in [0.25, 0.3) is 0 Å². The van der Waals surface area contributed by atoms with E-state index < -0.39 is 16.1 Å². The zero-order chi connectivity index (χ0) is 17.6. The van der Waals surface area contributed by atoms with Gasteiger partial charge in [-0.05, 0) is 24.6 Å². The Balaban J connectivity index is 1.98. The van der Waals surface area contributed by atoms with Crippen molar-refractivity contribution < 1.29 is 13.2 Å². The molecule has 0 heterocycles. The molecule has 24 heavy (non-hydrogen) atoms. The van der Waals surface area contributed by atoms with Crippen molar-refractivity contribution in [3.63, 3.8) is 0 Å². The lowest BCUT2D eigenvalue weighted by atomic mass is 10.1. The van der Waals surface area contributed by atoms with Gasteiger partial charge in [0.1, 0.15) is 0 Å². The van der Waals surface area contributed by atoms with Crippen molar-refractivity contribution in [1.29, 1.82) is 5.26 Å². The Morgan fingerprint density at radius 3 is 2.54 bits per heavy atom. The Morgan fingerprint density at radius 2 is 1.88 bits per heavy atom. The van der Waals surface area contributed by atoms with Crippen molar-refractivity contribution in [1.82, 2.24) is 4.72 Å². The third-order valence-corrected chi connectivity index (χ3v) is 4.86. The number of sulfonamides is 1. The fourth-order valence-corrected chi connectivity index (χ4v) is 3.76. The number of Topliss-reactive ketones (excluding diaryl/α,β-unsaturated/α-hetero) is 1. The Hall–Kier alpha value is -2.49. The molecule has 0 saturated carbocycles. The second kappa shape index (κ2) is 7.86. The third-order valence-electron chi connectivity index (χ3n) is 3.38. The van der Waals surface area contributed by atoms with Crippen LogP contribution in [0.4, 0.5) is 0 Å². The predicted molar refractivity (Wildman–Crippen MR) is 91.8 cm³/mol. The first kappa shape index (κ1) is 17.9. The fourth-order valence-electron chi connectivity index (χ4n) is 2.36. The van der Waals surface area contributed by atoms with Gasteiger partial charge in [-0.1, -0.05) is 42.5 Å². The van der Waals surface area contributed by atoms with E-state index in [1.165, 1.54) is 0 Å². The second-order valence-electron chi connectivity index (χ2n) is 5.58. The highest BCUT2D eigenvalue weighted by Crippen LogP contribution is 2.10. The molecule has 0 aliphatic heterocycles. The molecule has 0 spiro atoms. The van der Waals surface area contributed by atoms with Crippen LogP contribution in [0.1, 0.15) is 34.8 Å². The molecule has 0 aliphatic rings. The van der Waals surface area contributed by atoms with E-state index in [9.17, 15) is 13.2 Å². The van der Waals surface area contributed by atoms with Crippen LogP contribution in [0.2, 0.25) is 0 Å². The first-order chi connectivity index (χ1) is 11.4. The summed E-state index contributed by atoms with van der Waals surface area (Å²) in [6.07, 6.45) is 0.0848. The van der Waals surface area contributed by atoms with Crippen LogP contribution in [-0.4, -0.2) is 20.2 Å². The number of rotatable bonds is 7. The Labute approximate surface area is 142 Å². The van der Waals surface area contributed by atoms with Crippen LogP contribution >= 0.6 is 0 Å². The number of hydrogen-bond acceptors (Lipinski definition) is 4. The molecule has 2 aromatic rings. The highest BCUT2D eigenvalue weighted by Gasteiger charge is 2.18. The largest absolute Gasteiger partial charge is 0.294 e. The standard InChI is InChI=1S/C18H18N2O3S/c1-14(10-18(21)17-8-3-2-4-9-17)20-24(22,23)13-16-7-5-6-15(11-16)12-19/h2-9,11,14,20H,10,13H2,1H3/t14-/m1/s1. The summed E-state index contributed by atoms with van der Waals surface area (Å²) in [5.41, 5.74) is 1.50. The minimum Gasteiger partial charge on any atom is -0.294 e. The van der Waals surface area contributed by atoms with Crippen LogP contribution in [-0.2, 0) is 15.8 Å². The summed E-state index contributed by atoms with van der Waals surface area (Å²) in [5, 5.41) is 8.86. The van der Waals surface area contributed by atoms with Crippen molar-refractivity contribution in [2.45, 2.75) is 25.1 Å². The predicted octanol–water partition coefficient (Wildman–Crippen LogP) is 2.64. The van der Waals surface area contributed by atoms with Gasteiger partial charge in [-0.25, -0.2) is 13.1 Å². The van der Waals surface area contributed by atoms with Gasteiger partial charge < -0.3 is 0 Å². The SMILES string of the molecule is C[C@H](CC(=O)c1ccccc1)NS(=O)(=O)Cc1cccc(C#N)c1. The third kappa shape index (κ3) is 5.30. The topological polar surface area (TPSA) is 87.0 Å². The maximum absolute atomic E-state index is 12.2. The minimum absolute atomic E-state index is 0.0848. The summed E-state index contributed by atoms with van der Waals surface area (Å²) in [4.78, 5) is 12.1. The van der Waals surface area contributed by atoms with Gasteiger partial charge in [0.15, 0.2) is 5.78 Å². The summed E-state index contributed by atoms with van der Waals surface area (Å²) >= 11 is 0. The molecule has 0 bridgehead atoms. The van der Waals surface area contributed by atoms with Gasteiger partial charge in [0, 0.05) is 18.0 Å². The number of hydrogen-bond donors (Lipinski definition) is 1. The zero-order valence-electron chi connectivity index (χ0n) is 13.3. The molecule has 0 amide bonds. The van der Waals surface area contributed by atoms with E-state index >= 15 is 0 Å². The number of nitriles is 1. The smallest absolute Gasteiger partial charge is 0.216 e. The number of nitrogens with one attached hydrogen (secondary N) is 1. The van der Waals surface area contributed by atoms with Crippen molar-refractivity contribution >= 4 is 15.8 Å². The van der Waals surface area contributed by atoms with Gasteiger partial charge in [0.2, 0.25) is 10.0 Å². The van der Waals surface area contributed by atoms with Crippen molar-refractivity contribution in [3.8, 4) is 6.07 Å². The molecule has 0 aliphatic carbocycles. The molecule has 0 unspecified atom stereocenters. The van der Waals surface area contributed by atoms with Crippen LogP contribution in [0.15, 0.2) is 54.6 Å². The lowest BCUT2D eigenvalue weighted by Crippen LogP contribution is -2.35. The van der Waals surface area contributed by atoms with E-state index in [4.69, 9.17) is 5.26 Å². The average molecular weight is 342 g/mol. The second-order valence-corrected chi connectivity index (χ2v) is 7.34. The summed E-state index contributed by atoms with van der Waals surface area (Å²) in [6.45, 7) is 1.66. The molecule has 6 heteroatoms.